The predicted molar refractivity (Wildman–Crippen MR) is 119 cm³/mol. The fourth-order valence-electron chi connectivity index (χ4n) is 3.25. The molecule has 2 unspecified atom stereocenters. The lowest BCUT2D eigenvalue weighted by Gasteiger charge is -2.09. The summed E-state index contributed by atoms with van der Waals surface area (Å²) in [6.07, 6.45) is 22.7. The molecule has 0 saturated carbocycles. The number of rotatable bonds is 17. The van der Waals surface area contributed by atoms with Gasteiger partial charge in [-0.05, 0) is 32.1 Å². The van der Waals surface area contributed by atoms with Crippen molar-refractivity contribution in [2.24, 2.45) is 5.92 Å². The molecule has 6 heteroatoms. The molecule has 1 aliphatic rings. The minimum absolute atomic E-state index is 0.0197. The molecule has 1 fully saturated rings. The number of allylic oxidation sites excluding steroid dienone is 4. The lowest BCUT2D eigenvalue weighted by Crippen LogP contribution is -2.16. The first-order chi connectivity index (χ1) is 14.1. The minimum atomic E-state index is -2.92. The summed E-state index contributed by atoms with van der Waals surface area (Å²) >= 11 is 0. The van der Waals surface area contributed by atoms with Crippen LogP contribution in [-0.4, -0.2) is 32.5 Å². The molecule has 168 valence electrons. The molecule has 0 spiro atoms. The van der Waals surface area contributed by atoms with Crippen LogP contribution in [0.25, 0.3) is 0 Å². The van der Waals surface area contributed by atoms with Crippen LogP contribution in [0.1, 0.15) is 84.0 Å². The van der Waals surface area contributed by atoms with Crippen molar-refractivity contribution in [3.8, 4) is 0 Å². The topological polar surface area (TPSA) is 61.8 Å². The van der Waals surface area contributed by atoms with Gasteiger partial charge in [0.15, 0.2) is 0 Å². The molecule has 0 aliphatic carbocycles. The van der Waals surface area contributed by atoms with Gasteiger partial charge in [0.2, 0.25) is 0 Å². The summed E-state index contributed by atoms with van der Waals surface area (Å²) in [5.41, 5.74) is 0. The Hall–Kier alpha value is -0.900. The van der Waals surface area contributed by atoms with Gasteiger partial charge in [0, 0.05) is 19.4 Å². The molecule has 5 nitrogen and oxygen atoms in total. The van der Waals surface area contributed by atoms with E-state index in [9.17, 15) is 9.36 Å². The second-order valence-corrected chi connectivity index (χ2v) is 10.0. The molecule has 0 radical (unpaired) electrons. The smallest absolute Gasteiger partial charge is 0.330 e. The molecule has 0 N–H and O–H groups in total. The van der Waals surface area contributed by atoms with E-state index in [1.165, 1.54) is 52.1 Å². The van der Waals surface area contributed by atoms with Gasteiger partial charge in [-0.25, -0.2) is 0 Å². The number of carbonyl (C=O) groups is 1. The van der Waals surface area contributed by atoms with Crippen molar-refractivity contribution in [2.75, 3.05) is 26.5 Å². The van der Waals surface area contributed by atoms with E-state index in [1.54, 1.807) is 0 Å². The van der Waals surface area contributed by atoms with Gasteiger partial charge in [0.05, 0.1) is 19.4 Å². The molecule has 1 rings (SSSR count). The summed E-state index contributed by atoms with van der Waals surface area (Å²) in [5.74, 6) is -0.192. The Morgan fingerprint density at radius 3 is 2.24 bits per heavy atom. The highest BCUT2D eigenvalue weighted by atomic mass is 31.2. The number of ether oxygens (including phenoxy) is 1. The van der Waals surface area contributed by atoms with E-state index in [2.05, 4.69) is 31.2 Å². The molecular weight excluding hydrogens is 387 g/mol. The van der Waals surface area contributed by atoms with Gasteiger partial charge >= 0.3 is 13.6 Å². The van der Waals surface area contributed by atoms with Gasteiger partial charge in [0.1, 0.15) is 0 Å². The first-order valence-electron chi connectivity index (χ1n) is 11.4. The Kier molecular flexibility index (Phi) is 15.2. The maximum atomic E-state index is 11.9. The normalized spacial score (nSPS) is 22.1. The van der Waals surface area contributed by atoms with Crippen LogP contribution < -0.4 is 0 Å². The largest absolute Gasteiger partial charge is 0.465 e. The molecule has 1 saturated heterocycles. The summed E-state index contributed by atoms with van der Waals surface area (Å²) in [7, 11) is -1.53. The lowest BCUT2D eigenvalue weighted by molar-refractivity contribution is -0.145. The molecule has 29 heavy (non-hydrogen) atoms. The third-order valence-corrected chi connectivity index (χ3v) is 7.17. The van der Waals surface area contributed by atoms with Crippen molar-refractivity contribution >= 4 is 13.6 Å². The molecule has 0 aromatic carbocycles. The molecular formula is C23H41O5P. The Balaban J connectivity index is 1.88. The van der Waals surface area contributed by atoms with Crippen LogP contribution in [-0.2, 0) is 23.1 Å². The van der Waals surface area contributed by atoms with Crippen LogP contribution in [0.15, 0.2) is 24.3 Å². The molecule has 0 bridgehead atoms. The first kappa shape index (κ1) is 26.1. The third kappa shape index (κ3) is 13.9. The van der Waals surface area contributed by atoms with Gasteiger partial charge in [-0.3, -0.25) is 9.36 Å². The van der Waals surface area contributed by atoms with Crippen molar-refractivity contribution in [1.29, 1.82) is 0 Å². The van der Waals surface area contributed by atoms with E-state index in [1.807, 2.05) is 0 Å². The first-order valence-corrected chi connectivity index (χ1v) is 13.1. The van der Waals surface area contributed by atoms with Crippen molar-refractivity contribution in [1.82, 2.24) is 0 Å². The molecule has 1 heterocycles. The summed E-state index contributed by atoms with van der Waals surface area (Å²) in [6.45, 7) is 2.85. The van der Waals surface area contributed by atoms with Crippen LogP contribution in [0.3, 0.4) is 0 Å². The summed E-state index contributed by atoms with van der Waals surface area (Å²) < 4.78 is 27.2. The summed E-state index contributed by atoms with van der Waals surface area (Å²) in [5, 5.41) is 0. The standard InChI is InChI=1S/C23H41O5P/c1-3-4-5-6-7-8-9-10-11-12-13-14-15-16-17-18-23(24)27-19-22-20-28-29(25,21-22)26-2/h8-11,22H,3-7,12-21H2,1-2H3/b9-8+,11-10-. The average molecular weight is 429 g/mol. The summed E-state index contributed by atoms with van der Waals surface area (Å²) in [4.78, 5) is 11.8. The van der Waals surface area contributed by atoms with E-state index < -0.39 is 7.60 Å². The molecule has 0 aromatic rings. The zero-order valence-electron chi connectivity index (χ0n) is 18.5. The highest BCUT2D eigenvalue weighted by molar-refractivity contribution is 7.54. The summed E-state index contributed by atoms with van der Waals surface area (Å²) in [6, 6.07) is 0. The molecule has 0 amide bonds. The fraction of sp³-hybridized carbons (Fsp3) is 0.783. The van der Waals surface area contributed by atoms with Crippen LogP contribution in [0, 0.1) is 5.92 Å². The van der Waals surface area contributed by atoms with E-state index in [-0.39, 0.29) is 18.5 Å². The van der Waals surface area contributed by atoms with Crippen molar-refractivity contribution in [3.63, 3.8) is 0 Å². The van der Waals surface area contributed by atoms with Crippen molar-refractivity contribution in [2.45, 2.75) is 84.0 Å². The molecule has 0 aromatic heterocycles. The lowest BCUT2D eigenvalue weighted by atomic mass is 10.1. The van der Waals surface area contributed by atoms with Crippen LogP contribution in [0.2, 0.25) is 0 Å². The van der Waals surface area contributed by atoms with E-state index in [4.69, 9.17) is 13.8 Å². The van der Waals surface area contributed by atoms with Gasteiger partial charge < -0.3 is 13.8 Å². The number of carbonyl (C=O) groups excluding carboxylic acids is 1. The van der Waals surface area contributed by atoms with Gasteiger partial charge in [-0.15, -0.1) is 0 Å². The van der Waals surface area contributed by atoms with Gasteiger partial charge in [-0.1, -0.05) is 69.8 Å². The SMILES string of the molecule is CCCCCC/C=C/C=C\CCCCCCCC(=O)OCC1COP(=O)(OC)C1. The van der Waals surface area contributed by atoms with Crippen LogP contribution in [0.4, 0.5) is 0 Å². The zero-order chi connectivity index (χ0) is 21.2. The van der Waals surface area contributed by atoms with E-state index in [0.717, 1.165) is 25.7 Å². The Morgan fingerprint density at radius 2 is 1.62 bits per heavy atom. The van der Waals surface area contributed by atoms with E-state index >= 15 is 0 Å². The number of hydrogen-bond acceptors (Lipinski definition) is 5. The van der Waals surface area contributed by atoms with Crippen molar-refractivity contribution in [3.05, 3.63) is 24.3 Å². The second-order valence-electron chi connectivity index (χ2n) is 7.83. The quantitative estimate of drug-likeness (QED) is 0.110. The van der Waals surface area contributed by atoms with Crippen molar-refractivity contribution < 1.29 is 23.1 Å². The minimum Gasteiger partial charge on any atom is -0.465 e. The molecule has 1 aliphatic heterocycles. The zero-order valence-corrected chi connectivity index (χ0v) is 19.4. The maximum Gasteiger partial charge on any atom is 0.330 e. The Labute approximate surface area is 177 Å². The predicted octanol–water partition coefficient (Wildman–Crippen LogP) is 6.83. The molecule has 2 atom stereocenters. The van der Waals surface area contributed by atoms with Gasteiger partial charge in [0.25, 0.3) is 0 Å². The number of esters is 1. The third-order valence-electron chi connectivity index (χ3n) is 5.11. The highest BCUT2D eigenvalue weighted by Crippen LogP contribution is 2.53. The Morgan fingerprint density at radius 1 is 1.00 bits per heavy atom. The fourth-order valence-corrected chi connectivity index (χ4v) is 4.89. The van der Waals surface area contributed by atoms with Crippen LogP contribution in [0.5, 0.6) is 0 Å². The van der Waals surface area contributed by atoms with E-state index in [0.29, 0.717) is 19.2 Å². The number of unbranched alkanes of at least 4 members (excludes halogenated alkanes) is 9. The van der Waals surface area contributed by atoms with Crippen LogP contribution >= 0.6 is 7.60 Å². The van der Waals surface area contributed by atoms with Gasteiger partial charge in [-0.2, -0.15) is 0 Å². The highest BCUT2D eigenvalue weighted by Gasteiger charge is 2.36. The monoisotopic (exact) mass is 428 g/mol. The average Bonchev–Trinajstić information content (AvgIpc) is 3.11. The number of hydrogen-bond donors (Lipinski definition) is 0. The second kappa shape index (κ2) is 16.8. The maximum absolute atomic E-state index is 11.9. The Bertz CT molecular complexity index is 529.